The predicted octanol–water partition coefficient (Wildman–Crippen LogP) is 0.972. The first-order valence-electron chi connectivity index (χ1n) is 12.6. The van der Waals surface area contributed by atoms with Gasteiger partial charge in [-0.25, -0.2) is 0 Å². The van der Waals surface area contributed by atoms with Gasteiger partial charge in [0.05, 0.1) is 37.1 Å². The molecular weight excluding hydrogens is 434 g/mol. The van der Waals surface area contributed by atoms with Crippen molar-refractivity contribution in [1.29, 1.82) is 0 Å². The number of aliphatic hydroxyl groups is 2. The minimum absolute atomic E-state index is 0.0653. The molecule has 0 spiro atoms. The lowest BCUT2D eigenvalue weighted by Gasteiger charge is -2.52. The molecule has 3 heterocycles. The highest BCUT2D eigenvalue weighted by molar-refractivity contribution is 5.78. The molecule has 3 aliphatic rings. The molecule has 3 N–H and O–H groups in total. The zero-order valence-corrected chi connectivity index (χ0v) is 20.8. The Bertz CT molecular complexity index is 818. The fourth-order valence-corrected chi connectivity index (χ4v) is 6.10. The number of benzene rings is 1. The number of ether oxygens (including phenoxy) is 2. The summed E-state index contributed by atoms with van der Waals surface area (Å²) in [7, 11) is 3.96. The summed E-state index contributed by atoms with van der Waals surface area (Å²) in [5.74, 6) is 0.0459. The smallest absolute Gasteiger partial charge is 0.234 e. The van der Waals surface area contributed by atoms with Gasteiger partial charge in [0.2, 0.25) is 5.91 Å². The van der Waals surface area contributed by atoms with E-state index in [0.717, 1.165) is 13.1 Å². The summed E-state index contributed by atoms with van der Waals surface area (Å²) in [6.45, 7) is 5.17. The van der Waals surface area contributed by atoms with Gasteiger partial charge in [-0.05, 0) is 58.2 Å². The van der Waals surface area contributed by atoms with E-state index in [9.17, 15) is 15.0 Å². The van der Waals surface area contributed by atoms with Gasteiger partial charge >= 0.3 is 0 Å². The van der Waals surface area contributed by atoms with Gasteiger partial charge in [0.1, 0.15) is 6.10 Å². The molecule has 6 atom stereocenters. The lowest BCUT2D eigenvalue weighted by Crippen LogP contribution is -2.61. The van der Waals surface area contributed by atoms with Crippen LogP contribution >= 0.6 is 0 Å². The highest BCUT2D eigenvalue weighted by atomic mass is 16.6. The number of hydrogen-bond acceptors (Lipinski definition) is 7. The van der Waals surface area contributed by atoms with Gasteiger partial charge in [0.15, 0.2) is 0 Å². The number of nitrogens with zero attached hydrogens (tertiary/aromatic N) is 2. The molecule has 3 fully saturated rings. The van der Waals surface area contributed by atoms with Crippen molar-refractivity contribution >= 4 is 5.91 Å². The van der Waals surface area contributed by atoms with Gasteiger partial charge in [0.25, 0.3) is 0 Å². The third kappa shape index (κ3) is 5.48. The van der Waals surface area contributed by atoms with E-state index in [1.807, 2.05) is 39.2 Å². The molecule has 34 heavy (non-hydrogen) atoms. The first kappa shape index (κ1) is 25.5. The number of hydrogen-bond donors (Lipinski definition) is 3. The van der Waals surface area contributed by atoms with Gasteiger partial charge in [0, 0.05) is 25.7 Å². The first-order chi connectivity index (χ1) is 16.2. The summed E-state index contributed by atoms with van der Waals surface area (Å²) in [5, 5.41) is 25.8. The molecule has 1 amide bonds. The third-order valence-electron chi connectivity index (χ3n) is 8.04. The summed E-state index contributed by atoms with van der Waals surface area (Å²) in [6.07, 6.45) is 1.11. The lowest BCUT2D eigenvalue weighted by molar-refractivity contribution is -0.250. The highest BCUT2D eigenvalue weighted by Gasteiger charge is 2.57. The van der Waals surface area contributed by atoms with Crippen molar-refractivity contribution in [3.05, 3.63) is 35.9 Å². The number of likely N-dealkylation sites (N-methyl/N-ethyl adjacent to an activating group) is 1. The van der Waals surface area contributed by atoms with Crippen molar-refractivity contribution in [2.75, 3.05) is 53.5 Å². The number of morpholine rings is 1. The first-order valence-corrected chi connectivity index (χ1v) is 12.6. The Labute approximate surface area is 203 Å². The number of fused-ring (bicyclic) bond motifs is 2. The summed E-state index contributed by atoms with van der Waals surface area (Å²) in [4.78, 5) is 16.7. The topological polar surface area (TPSA) is 94.5 Å². The van der Waals surface area contributed by atoms with E-state index in [2.05, 4.69) is 27.2 Å². The van der Waals surface area contributed by atoms with Crippen molar-refractivity contribution in [1.82, 2.24) is 15.1 Å². The SMILES string of the molecule is CN(C)[C@@H]1CC[C@@]2(C(O)CNC(=O)CN3CCOCC3)C[C@H](c3ccccc3)C[C@](C)(O2)[C@H]1O. The second kappa shape index (κ2) is 10.6. The van der Waals surface area contributed by atoms with Crippen LogP contribution in [0, 0.1) is 0 Å². The number of aliphatic hydroxyl groups excluding tert-OH is 2. The maximum absolute atomic E-state index is 12.6. The Balaban J connectivity index is 1.53. The number of carbonyl (C=O) groups is 1. The molecule has 8 nitrogen and oxygen atoms in total. The maximum atomic E-state index is 12.6. The monoisotopic (exact) mass is 475 g/mol. The molecule has 4 rings (SSSR count). The average Bonchev–Trinajstić information content (AvgIpc) is 2.90. The molecule has 0 radical (unpaired) electrons. The molecule has 3 aliphatic heterocycles. The van der Waals surface area contributed by atoms with Crippen LogP contribution in [0.4, 0.5) is 0 Å². The largest absolute Gasteiger partial charge is 0.388 e. The van der Waals surface area contributed by atoms with Gasteiger partial charge in [-0.2, -0.15) is 0 Å². The van der Waals surface area contributed by atoms with Crippen LogP contribution in [-0.2, 0) is 14.3 Å². The number of amides is 1. The summed E-state index contributed by atoms with van der Waals surface area (Å²) in [6, 6.07) is 10.2. The van der Waals surface area contributed by atoms with E-state index < -0.39 is 23.4 Å². The molecule has 0 aromatic heterocycles. The van der Waals surface area contributed by atoms with Crippen molar-refractivity contribution in [2.45, 2.75) is 68.0 Å². The Morgan fingerprint density at radius 3 is 2.62 bits per heavy atom. The minimum atomic E-state index is -0.875. The molecule has 0 saturated carbocycles. The number of nitrogens with one attached hydrogen (secondary N) is 1. The molecule has 1 unspecified atom stereocenters. The second-order valence-corrected chi connectivity index (χ2v) is 10.7. The Morgan fingerprint density at radius 2 is 1.94 bits per heavy atom. The van der Waals surface area contributed by atoms with Crippen LogP contribution in [-0.4, -0.2) is 109 Å². The van der Waals surface area contributed by atoms with Crippen LogP contribution in [0.3, 0.4) is 0 Å². The van der Waals surface area contributed by atoms with E-state index in [4.69, 9.17) is 9.47 Å². The van der Waals surface area contributed by atoms with Gasteiger partial charge in [-0.1, -0.05) is 30.3 Å². The second-order valence-electron chi connectivity index (χ2n) is 10.7. The zero-order valence-electron chi connectivity index (χ0n) is 20.8. The average molecular weight is 476 g/mol. The van der Waals surface area contributed by atoms with Crippen LogP contribution in [0.15, 0.2) is 30.3 Å². The molecule has 1 aromatic carbocycles. The van der Waals surface area contributed by atoms with E-state index in [-0.39, 0.29) is 24.4 Å². The van der Waals surface area contributed by atoms with Crippen LogP contribution in [0.5, 0.6) is 0 Å². The van der Waals surface area contributed by atoms with Crippen molar-refractivity contribution in [3.63, 3.8) is 0 Å². The van der Waals surface area contributed by atoms with Crippen LogP contribution in [0.2, 0.25) is 0 Å². The Hall–Kier alpha value is -1.55. The molecule has 0 aliphatic carbocycles. The molecule has 1 aromatic rings. The van der Waals surface area contributed by atoms with Gasteiger partial charge in [-0.15, -0.1) is 0 Å². The molecule has 3 saturated heterocycles. The number of rotatable bonds is 7. The fraction of sp³-hybridized carbons (Fsp3) is 0.731. The fourth-order valence-electron chi connectivity index (χ4n) is 6.10. The van der Waals surface area contributed by atoms with Crippen molar-refractivity contribution in [2.24, 2.45) is 0 Å². The third-order valence-corrected chi connectivity index (χ3v) is 8.04. The molecule has 8 heteroatoms. The minimum Gasteiger partial charge on any atom is -0.388 e. The Kier molecular flexibility index (Phi) is 7.96. The standard InChI is InChI=1S/C26H41N3O5/c1-25-15-20(19-7-5-4-6-8-19)16-26(34-25,10-9-21(24(25)32)28(2)3)22(30)17-27-23(31)18-29-11-13-33-14-12-29/h4-8,20-22,24,30,32H,9-18H2,1-3H3,(H,27,31)/t20-,21-,22?,24+,25+,26+/m1/s1. The molecule has 2 bridgehead atoms. The molecule has 190 valence electrons. The number of carbonyl (C=O) groups excluding carboxylic acids is 1. The highest BCUT2D eigenvalue weighted by Crippen LogP contribution is 2.51. The maximum Gasteiger partial charge on any atom is 0.234 e. The van der Waals surface area contributed by atoms with Crippen molar-refractivity contribution in [3.8, 4) is 0 Å². The lowest BCUT2D eigenvalue weighted by atomic mass is 9.72. The van der Waals surface area contributed by atoms with Gasteiger partial charge in [-0.3, -0.25) is 9.69 Å². The summed E-state index contributed by atoms with van der Waals surface area (Å²) < 4.78 is 12.1. The van der Waals surface area contributed by atoms with Crippen LogP contribution in [0.1, 0.15) is 44.1 Å². The van der Waals surface area contributed by atoms with Crippen molar-refractivity contribution < 1.29 is 24.5 Å². The Morgan fingerprint density at radius 1 is 1.24 bits per heavy atom. The van der Waals surface area contributed by atoms with E-state index >= 15 is 0 Å². The summed E-state index contributed by atoms with van der Waals surface area (Å²) >= 11 is 0. The van der Waals surface area contributed by atoms with E-state index in [1.165, 1.54) is 5.56 Å². The summed E-state index contributed by atoms with van der Waals surface area (Å²) in [5.41, 5.74) is -0.450. The van der Waals surface area contributed by atoms with E-state index in [1.54, 1.807) is 0 Å². The zero-order chi connectivity index (χ0) is 24.3. The van der Waals surface area contributed by atoms with Crippen LogP contribution in [0.25, 0.3) is 0 Å². The van der Waals surface area contributed by atoms with Gasteiger partial charge < -0.3 is 29.9 Å². The predicted molar refractivity (Wildman–Crippen MR) is 130 cm³/mol. The van der Waals surface area contributed by atoms with Crippen LogP contribution < -0.4 is 5.32 Å². The quantitative estimate of drug-likeness (QED) is 0.541. The molecular formula is C26H41N3O5. The van der Waals surface area contributed by atoms with E-state index in [0.29, 0.717) is 45.4 Å². The normalized spacial score (nSPS) is 35.5.